The second-order valence-corrected chi connectivity index (χ2v) is 5.29. The van der Waals surface area contributed by atoms with Crippen LogP contribution in [-0.2, 0) is 0 Å². The van der Waals surface area contributed by atoms with Crippen molar-refractivity contribution in [1.29, 1.82) is 0 Å². The number of amides is 1. The number of carbonyl (C=O) groups is 1. The molecule has 0 aliphatic rings. The van der Waals surface area contributed by atoms with Gasteiger partial charge in [0.25, 0.3) is 11.5 Å². The second-order valence-electron chi connectivity index (χ2n) is 5.29. The zero-order chi connectivity index (χ0) is 17.1. The van der Waals surface area contributed by atoms with Crippen molar-refractivity contribution in [2.75, 3.05) is 12.4 Å². The highest BCUT2D eigenvalue weighted by atomic mass is 16.5. The lowest BCUT2D eigenvalue weighted by atomic mass is 10.1. The van der Waals surface area contributed by atoms with Gasteiger partial charge < -0.3 is 19.7 Å². The Labute approximate surface area is 138 Å². The topological polar surface area (TPSA) is 84.1 Å². The van der Waals surface area contributed by atoms with E-state index < -0.39 is 5.91 Å². The van der Waals surface area contributed by atoms with Crippen molar-refractivity contribution in [3.63, 3.8) is 0 Å². The van der Waals surface area contributed by atoms with E-state index in [2.05, 4.69) is 10.5 Å². The quantitative estimate of drug-likeness (QED) is 0.572. The molecule has 0 saturated carbocycles. The number of hydrogen-bond donors (Lipinski definition) is 2. The number of rotatable bonds is 3. The third-order valence-corrected chi connectivity index (χ3v) is 3.57. The van der Waals surface area contributed by atoms with E-state index in [0.717, 1.165) is 5.56 Å². The van der Waals surface area contributed by atoms with E-state index in [4.69, 9.17) is 14.4 Å². The Morgan fingerprint density at radius 3 is 2.75 bits per heavy atom. The van der Waals surface area contributed by atoms with Gasteiger partial charge in [0, 0.05) is 11.1 Å². The summed E-state index contributed by atoms with van der Waals surface area (Å²) in [5.41, 5.74) is 2.12. The van der Waals surface area contributed by atoms with Crippen LogP contribution in [0.3, 0.4) is 0 Å². The first kappa shape index (κ1) is 15.6. The first-order valence-electron chi connectivity index (χ1n) is 7.29. The van der Waals surface area contributed by atoms with Crippen molar-refractivity contribution in [2.45, 2.75) is 6.92 Å². The lowest BCUT2D eigenvalue weighted by molar-refractivity contribution is 0.102. The molecule has 1 amide bonds. The maximum Gasteiger partial charge on any atom is 0.268 e. The van der Waals surface area contributed by atoms with E-state index in [0.29, 0.717) is 22.4 Å². The fourth-order valence-electron chi connectivity index (χ4n) is 2.39. The molecule has 6 nitrogen and oxygen atoms in total. The fourth-order valence-corrected chi connectivity index (χ4v) is 2.39. The van der Waals surface area contributed by atoms with Crippen LogP contribution in [-0.4, -0.2) is 18.2 Å². The lowest BCUT2D eigenvalue weighted by Gasteiger charge is -2.07. The van der Waals surface area contributed by atoms with Crippen LogP contribution in [0.2, 0.25) is 0 Å². The summed E-state index contributed by atoms with van der Waals surface area (Å²) >= 11 is 0. The summed E-state index contributed by atoms with van der Waals surface area (Å²) in [7, 11) is 1.56. The number of nitrogens with one attached hydrogen (secondary N) is 1. The molecular formula is C18H16N2O4. The van der Waals surface area contributed by atoms with Crippen molar-refractivity contribution < 1.29 is 19.2 Å². The number of anilines is 1. The molecule has 2 aromatic carbocycles. The molecule has 3 aromatic rings. The molecule has 0 radical (unpaired) electrons. The summed E-state index contributed by atoms with van der Waals surface area (Å²) in [6.07, 6.45) is 0. The fraction of sp³-hybridized carbons (Fsp3) is 0.111. The number of aryl methyl sites for hydroxylation is 1. The smallest absolute Gasteiger partial charge is 0.268 e. The molecule has 1 heterocycles. The van der Waals surface area contributed by atoms with Crippen molar-refractivity contribution in [3.8, 4) is 5.75 Å². The first-order chi connectivity index (χ1) is 11.6. The highest BCUT2D eigenvalue weighted by Gasteiger charge is 2.14. The van der Waals surface area contributed by atoms with Gasteiger partial charge in [0.1, 0.15) is 16.9 Å². The van der Waals surface area contributed by atoms with E-state index in [9.17, 15) is 4.79 Å². The normalized spacial score (nSPS) is 11.5. The summed E-state index contributed by atoms with van der Waals surface area (Å²) in [5, 5.41) is 15.7. The van der Waals surface area contributed by atoms with Crippen LogP contribution in [0.1, 0.15) is 15.9 Å². The highest BCUT2D eigenvalue weighted by Crippen LogP contribution is 2.21. The summed E-state index contributed by atoms with van der Waals surface area (Å²) in [4.78, 5) is 12.5. The standard InChI is InChI=1S/C18H16N2O4/c1-11-4-3-5-13(8-11)19-17(21)15-10-12-9-14(23-2)6-7-16(12)24-18(15)20-22/h3-10,22H,1-2H3,(H,19,21)/b20-18-. The minimum Gasteiger partial charge on any atom is -0.497 e. The van der Waals surface area contributed by atoms with Crippen LogP contribution in [0, 0.1) is 6.92 Å². The first-order valence-corrected chi connectivity index (χ1v) is 7.29. The summed E-state index contributed by atoms with van der Waals surface area (Å²) < 4.78 is 10.7. The number of fused-ring (bicyclic) bond motifs is 1. The molecule has 24 heavy (non-hydrogen) atoms. The molecule has 0 aliphatic heterocycles. The van der Waals surface area contributed by atoms with Crippen molar-refractivity contribution in [3.05, 3.63) is 65.2 Å². The van der Waals surface area contributed by atoms with Gasteiger partial charge in [0.05, 0.1) is 7.11 Å². The number of benzene rings is 2. The van der Waals surface area contributed by atoms with Gasteiger partial charge in [-0.05, 0) is 54.0 Å². The van der Waals surface area contributed by atoms with Crippen molar-refractivity contribution in [2.24, 2.45) is 5.16 Å². The number of nitrogens with zero attached hydrogens (tertiary/aromatic N) is 1. The second kappa shape index (κ2) is 6.45. The van der Waals surface area contributed by atoms with Crippen LogP contribution in [0.15, 0.2) is 58.1 Å². The monoisotopic (exact) mass is 324 g/mol. The van der Waals surface area contributed by atoms with E-state index >= 15 is 0 Å². The molecule has 6 heteroatoms. The largest absolute Gasteiger partial charge is 0.497 e. The van der Waals surface area contributed by atoms with Crippen molar-refractivity contribution >= 4 is 22.6 Å². The summed E-state index contributed by atoms with van der Waals surface area (Å²) in [6, 6.07) is 14.1. The molecule has 3 rings (SSSR count). The SMILES string of the molecule is COc1ccc2o/c(=N\O)c(C(=O)Nc3cccc(C)c3)cc2c1. The molecule has 1 aromatic heterocycles. The molecule has 2 N–H and O–H groups in total. The molecular weight excluding hydrogens is 308 g/mol. The van der Waals surface area contributed by atoms with E-state index in [1.165, 1.54) is 0 Å². The Bertz CT molecular complexity index is 976. The van der Waals surface area contributed by atoms with Crippen LogP contribution in [0.4, 0.5) is 5.69 Å². The zero-order valence-corrected chi connectivity index (χ0v) is 13.2. The minimum absolute atomic E-state index is 0.125. The van der Waals surface area contributed by atoms with Crippen LogP contribution >= 0.6 is 0 Å². The Balaban J connectivity index is 2.05. The average Bonchev–Trinajstić information content (AvgIpc) is 2.60. The van der Waals surface area contributed by atoms with E-state index in [1.807, 2.05) is 25.1 Å². The third-order valence-electron chi connectivity index (χ3n) is 3.57. The third kappa shape index (κ3) is 3.08. The highest BCUT2D eigenvalue weighted by molar-refractivity contribution is 6.05. The van der Waals surface area contributed by atoms with Gasteiger partial charge in [0.15, 0.2) is 0 Å². The Hall–Kier alpha value is -3.28. The van der Waals surface area contributed by atoms with Gasteiger partial charge in [0.2, 0.25) is 0 Å². The molecule has 0 aliphatic carbocycles. The van der Waals surface area contributed by atoms with Gasteiger partial charge >= 0.3 is 0 Å². The number of carbonyl (C=O) groups excluding carboxylic acids is 1. The van der Waals surface area contributed by atoms with E-state index in [1.54, 1.807) is 37.4 Å². The molecule has 0 atom stereocenters. The lowest BCUT2D eigenvalue weighted by Crippen LogP contribution is -2.21. The molecule has 0 bridgehead atoms. The van der Waals surface area contributed by atoms with Crippen molar-refractivity contribution in [1.82, 2.24) is 0 Å². The van der Waals surface area contributed by atoms with Crippen LogP contribution in [0.5, 0.6) is 5.75 Å². The zero-order valence-electron chi connectivity index (χ0n) is 13.2. The summed E-state index contributed by atoms with van der Waals surface area (Å²) in [6.45, 7) is 1.93. The maximum atomic E-state index is 12.5. The van der Waals surface area contributed by atoms with Gasteiger partial charge in [-0.25, -0.2) is 0 Å². The molecule has 0 saturated heterocycles. The van der Waals surface area contributed by atoms with Crippen LogP contribution < -0.4 is 15.6 Å². The minimum atomic E-state index is -0.429. The van der Waals surface area contributed by atoms with Gasteiger partial charge in [-0.2, -0.15) is 0 Å². The summed E-state index contributed by atoms with van der Waals surface area (Å²) in [5.74, 6) is 0.207. The molecule has 0 fully saturated rings. The number of hydrogen-bond acceptors (Lipinski definition) is 5. The van der Waals surface area contributed by atoms with Gasteiger partial charge in [-0.1, -0.05) is 12.1 Å². The molecule has 0 unspecified atom stereocenters. The number of ether oxygens (including phenoxy) is 1. The Kier molecular flexibility index (Phi) is 4.20. The molecule has 122 valence electrons. The van der Waals surface area contributed by atoms with Gasteiger partial charge in [-0.15, -0.1) is 0 Å². The van der Waals surface area contributed by atoms with Gasteiger partial charge in [-0.3, -0.25) is 4.79 Å². The predicted octanol–water partition coefficient (Wildman–Crippen LogP) is 3.29. The Morgan fingerprint density at radius 1 is 1.21 bits per heavy atom. The van der Waals surface area contributed by atoms with Crippen LogP contribution in [0.25, 0.3) is 11.0 Å². The maximum absolute atomic E-state index is 12.5. The Morgan fingerprint density at radius 2 is 2.04 bits per heavy atom. The number of methoxy groups -OCH3 is 1. The molecule has 0 spiro atoms. The average molecular weight is 324 g/mol. The van der Waals surface area contributed by atoms with E-state index in [-0.39, 0.29) is 11.1 Å². The predicted molar refractivity (Wildman–Crippen MR) is 89.2 cm³/mol.